The zero-order chi connectivity index (χ0) is 48.3. The summed E-state index contributed by atoms with van der Waals surface area (Å²) in [4.78, 5) is 29.5. The Morgan fingerprint density at radius 1 is 0.662 bits per heavy atom. The predicted octanol–water partition coefficient (Wildman–Crippen LogP) is 12.2. The minimum Gasteiger partial charge on any atom is -0.360 e. The van der Waals surface area contributed by atoms with Crippen LogP contribution in [0.3, 0.4) is 0 Å². The first-order valence-electron chi connectivity index (χ1n) is 21.2. The third-order valence-electron chi connectivity index (χ3n) is 11.1. The molecule has 9 nitrogen and oxygen atoms in total. The maximum Gasteiger partial charge on any atom is 0.405 e. The van der Waals surface area contributed by atoms with E-state index in [1.807, 2.05) is 31.2 Å². The topological polar surface area (TPSA) is 91.3 Å². The molecule has 10 rings (SSSR count). The largest absolute Gasteiger partial charge is 0.405 e. The fourth-order valence-corrected chi connectivity index (χ4v) is 9.64. The van der Waals surface area contributed by atoms with Gasteiger partial charge in [0.05, 0.1) is 29.4 Å². The van der Waals surface area contributed by atoms with Gasteiger partial charge in [0.25, 0.3) is 0 Å². The minimum absolute atomic E-state index is 0.0214. The molecule has 7 aromatic rings. The number of rotatable bonds is 5. The van der Waals surface area contributed by atoms with E-state index < -0.39 is 18.5 Å². The number of halogens is 8. The van der Waals surface area contributed by atoms with Crippen LogP contribution in [0.2, 0.25) is 15.1 Å². The Morgan fingerprint density at radius 3 is 1.84 bits per heavy atom. The van der Waals surface area contributed by atoms with Crippen molar-refractivity contribution in [1.29, 1.82) is 0 Å². The van der Waals surface area contributed by atoms with Crippen molar-refractivity contribution in [3.8, 4) is 5.00 Å². The number of hydrogen-bond donors (Lipinski definition) is 0. The number of benzene rings is 5. The van der Waals surface area contributed by atoms with E-state index >= 15 is 0 Å². The van der Waals surface area contributed by atoms with Gasteiger partial charge < -0.3 is 9.80 Å². The van der Waals surface area contributed by atoms with Crippen molar-refractivity contribution in [2.24, 2.45) is 15.0 Å². The van der Waals surface area contributed by atoms with Gasteiger partial charge >= 0.3 is 6.18 Å². The molecule has 2 aromatic heterocycles. The molecule has 18 heteroatoms. The Bertz CT molecular complexity index is 3130. The molecule has 0 N–H and O–H groups in total. The lowest BCUT2D eigenvalue weighted by Gasteiger charge is -2.26. The number of nitrogens with zero attached hydrogens (tertiary/aromatic N) is 8. The van der Waals surface area contributed by atoms with Gasteiger partial charge in [0.2, 0.25) is 5.91 Å². The van der Waals surface area contributed by atoms with Crippen molar-refractivity contribution in [1.82, 2.24) is 14.8 Å². The molecule has 0 spiro atoms. The lowest BCUT2D eigenvalue weighted by molar-refractivity contribution is -0.119. The Balaban J connectivity index is 0.000000138. The van der Waals surface area contributed by atoms with E-state index in [4.69, 9.17) is 39.8 Å². The van der Waals surface area contributed by atoms with Gasteiger partial charge in [0.15, 0.2) is 5.82 Å². The normalized spacial score (nSPS) is 14.2. The Hall–Kier alpha value is -6.26. The van der Waals surface area contributed by atoms with Crippen LogP contribution in [0.5, 0.6) is 0 Å². The number of thiophene rings is 1. The Morgan fingerprint density at radius 2 is 1.22 bits per heavy atom. The van der Waals surface area contributed by atoms with E-state index in [1.54, 1.807) is 73.0 Å². The number of likely N-dealkylation sites (N-methyl/N-ethyl adjacent to an activating group) is 1. The summed E-state index contributed by atoms with van der Waals surface area (Å²) in [5.41, 5.74) is 6.45. The van der Waals surface area contributed by atoms with Crippen molar-refractivity contribution >= 4 is 80.6 Å². The molecule has 3 aliphatic rings. The van der Waals surface area contributed by atoms with Crippen molar-refractivity contribution in [2.75, 3.05) is 43.0 Å². The maximum atomic E-state index is 14.2. The van der Waals surface area contributed by atoms with Crippen LogP contribution >= 0.6 is 46.1 Å². The summed E-state index contributed by atoms with van der Waals surface area (Å²) < 4.78 is 69.0. The van der Waals surface area contributed by atoms with Crippen LogP contribution in [0, 0.1) is 18.6 Å². The summed E-state index contributed by atoms with van der Waals surface area (Å²) in [6.07, 6.45) is -3.36. The maximum absolute atomic E-state index is 14.2. The zero-order valence-corrected chi connectivity index (χ0v) is 39.7. The Labute approximate surface area is 407 Å². The van der Waals surface area contributed by atoms with Crippen LogP contribution in [-0.4, -0.2) is 77.2 Å². The molecule has 3 aliphatic heterocycles. The van der Waals surface area contributed by atoms with Crippen LogP contribution < -0.4 is 9.80 Å². The summed E-state index contributed by atoms with van der Waals surface area (Å²) in [6, 6.07) is 32.2. The average molecular weight is 1000 g/mol. The number of benzodiazepines with no additional fused rings is 2. The number of carbonyl (C=O) groups excluding carboxylic acids is 1. The van der Waals surface area contributed by atoms with Gasteiger partial charge in [-0.15, -0.1) is 21.5 Å². The van der Waals surface area contributed by atoms with Crippen LogP contribution in [-0.2, 0) is 17.8 Å². The molecule has 5 aromatic carbocycles. The van der Waals surface area contributed by atoms with Crippen LogP contribution in [0.4, 0.5) is 33.3 Å². The van der Waals surface area contributed by atoms with Gasteiger partial charge in [0.1, 0.15) is 42.1 Å². The number of fused-ring (bicyclic) bond motifs is 5. The Kier molecular flexibility index (Phi) is 14.6. The number of carbonyl (C=O) groups is 1. The van der Waals surface area contributed by atoms with Crippen molar-refractivity contribution < 1.29 is 26.7 Å². The smallest absolute Gasteiger partial charge is 0.360 e. The van der Waals surface area contributed by atoms with Gasteiger partial charge in [0, 0.05) is 72.6 Å². The number of aryl methyl sites for hydroxylation is 2. The number of alkyl halides is 3. The van der Waals surface area contributed by atoms with Crippen molar-refractivity contribution in [3.63, 3.8) is 0 Å². The summed E-state index contributed by atoms with van der Waals surface area (Å²) in [6.45, 7) is 3.75. The molecule has 0 bridgehead atoms. The van der Waals surface area contributed by atoms with E-state index in [0.29, 0.717) is 56.1 Å². The average Bonchev–Trinajstić information content (AvgIpc) is 3.77. The predicted molar refractivity (Wildman–Crippen MR) is 263 cm³/mol. The highest BCUT2D eigenvalue weighted by atomic mass is 35.5. The number of aromatic nitrogens is 3. The molecule has 0 saturated heterocycles. The number of amides is 1. The van der Waals surface area contributed by atoms with E-state index in [-0.39, 0.29) is 36.9 Å². The molecule has 0 unspecified atom stereocenters. The van der Waals surface area contributed by atoms with E-state index in [0.717, 1.165) is 44.9 Å². The van der Waals surface area contributed by atoms with Crippen molar-refractivity contribution in [2.45, 2.75) is 33.0 Å². The van der Waals surface area contributed by atoms with Gasteiger partial charge in [-0.1, -0.05) is 84.2 Å². The van der Waals surface area contributed by atoms with E-state index in [9.17, 15) is 26.7 Å². The molecule has 0 saturated carbocycles. The second-order valence-electron chi connectivity index (χ2n) is 15.6. The molecular formula is C50H40Cl3F5N8OS. The van der Waals surface area contributed by atoms with Gasteiger partial charge in [-0.05, 0) is 86.1 Å². The molecule has 348 valence electrons. The van der Waals surface area contributed by atoms with Gasteiger partial charge in [-0.2, -0.15) is 13.2 Å². The standard InChI is InChI=1S/C17H13ClF4N2.C17H15ClN4S.C16H12ClFN2O/c18-11-5-6-15-13(9-11)16(12-3-1-2-4-14(12)19)23-7-8-24(15)10-17(20,21)22;1-3-11-8-13-16(12-6-4-5-7-14(12)18)19-9-15-21-20-10(2)22(15)17(13)23-11;1-20-14-7-6-10(17)8-12(14)16(19-9-15(20)21)11-4-2-3-5-13(11)18/h1-6,9H,7-8,10H2;4-8H,3,9H2,1-2H3;2-8H,9H2,1H3. The first kappa shape index (κ1) is 48.2. The van der Waals surface area contributed by atoms with E-state index in [2.05, 4.69) is 37.7 Å². The van der Waals surface area contributed by atoms with Crippen LogP contribution in [0.15, 0.2) is 130 Å². The molecule has 0 aliphatic carbocycles. The number of anilines is 2. The third-order valence-corrected chi connectivity index (χ3v) is 13.2. The number of hydrogen-bond acceptors (Lipinski definition) is 8. The molecule has 0 fully saturated rings. The van der Waals surface area contributed by atoms with E-state index in [1.165, 1.54) is 45.0 Å². The number of aliphatic imine (C=N–C) groups is 3. The van der Waals surface area contributed by atoms with Crippen molar-refractivity contribution in [3.05, 3.63) is 192 Å². The zero-order valence-electron chi connectivity index (χ0n) is 36.6. The molecule has 1 amide bonds. The third kappa shape index (κ3) is 10.4. The first-order valence-corrected chi connectivity index (χ1v) is 23.2. The quantitative estimate of drug-likeness (QED) is 0.161. The van der Waals surface area contributed by atoms with Crippen LogP contribution in [0.25, 0.3) is 5.00 Å². The molecule has 0 radical (unpaired) electrons. The second kappa shape index (κ2) is 20.5. The summed E-state index contributed by atoms with van der Waals surface area (Å²) in [5, 5.41) is 11.2. The lowest BCUT2D eigenvalue weighted by atomic mass is 9.99. The molecule has 0 atom stereocenters. The van der Waals surface area contributed by atoms with Gasteiger partial charge in [-0.25, -0.2) is 8.78 Å². The fourth-order valence-electron chi connectivity index (χ4n) is 7.90. The second-order valence-corrected chi connectivity index (χ2v) is 18.0. The van der Waals surface area contributed by atoms with Gasteiger partial charge in [-0.3, -0.25) is 24.3 Å². The minimum atomic E-state index is -4.35. The highest BCUT2D eigenvalue weighted by Gasteiger charge is 2.33. The summed E-state index contributed by atoms with van der Waals surface area (Å²) >= 11 is 20.3. The summed E-state index contributed by atoms with van der Waals surface area (Å²) in [7, 11) is 1.68. The fraction of sp³-hybridized carbons (Fsp3) is 0.200. The lowest BCUT2D eigenvalue weighted by Crippen LogP contribution is -2.36. The monoisotopic (exact) mass is 1000 g/mol. The highest BCUT2D eigenvalue weighted by molar-refractivity contribution is 7.15. The highest BCUT2D eigenvalue weighted by Crippen LogP contribution is 2.36. The first-order chi connectivity index (χ1) is 32.6. The molecule has 5 heterocycles. The molecular weight excluding hydrogens is 962 g/mol. The summed E-state index contributed by atoms with van der Waals surface area (Å²) in [5.74, 6) is 0.757. The van der Waals surface area contributed by atoms with Crippen LogP contribution in [0.1, 0.15) is 56.8 Å². The SMILES string of the molecule is CCc1cc2c(s1)-n1c(C)nnc1CN=C2c1ccccc1Cl.CN1C(=O)CN=C(c2ccccc2F)c2cc(Cl)ccc21.Fc1ccccc1C1=NCCN(CC(F)(F)F)c2ccc(Cl)cc21. The molecule has 68 heavy (non-hydrogen) atoms.